The highest BCUT2D eigenvalue weighted by Crippen LogP contribution is 2.22. The van der Waals surface area contributed by atoms with E-state index in [2.05, 4.69) is 51.5 Å². The highest BCUT2D eigenvalue weighted by Gasteiger charge is 2.14. The fourth-order valence-corrected chi connectivity index (χ4v) is 3.03. The summed E-state index contributed by atoms with van der Waals surface area (Å²) >= 11 is 0. The molecule has 25 heavy (non-hydrogen) atoms. The molecule has 3 rings (SSSR count). The Morgan fingerprint density at radius 3 is 2.52 bits per heavy atom. The Balaban J connectivity index is 1.74. The number of hydrogen-bond donors (Lipinski definition) is 1. The number of rotatable bonds is 8. The standard InChI is InChI=1S/C20H25N5/c1-24-15-19(20(23-24)18-7-11-22-12-8-18)16-25(14-10-21)13-9-17-5-3-2-4-6-17/h2-8,11-12,15H,9-10,13-14,16,21H2,1H3. The van der Waals surface area contributed by atoms with Gasteiger partial charge in [0.2, 0.25) is 0 Å². The summed E-state index contributed by atoms with van der Waals surface area (Å²) in [7, 11) is 1.96. The Kier molecular flexibility index (Phi) is 5.93. The zero-order chi connectivity index (χ0) is 17.5. The van der Waals surface area contributed by atoms with Crippen molar-refractivity contribution >= 4 is 0 Å². The molecule has 5 nitrogen and oxygen atoms in total. The molecule has 0 unspecified atom stereocenters. The third-order valence-electron chi connectivity index (χ3n) is 4.26. The highest BCUT2D eigenvalue weighted by atomic mass is 15.3. The smallest absolute Gasteiger partial charge is 0.0969 e. The van der Waals surface area contributed by atoms with Crippen molar-refractivity contribution in [2.45, 2.75) is 13.0 Å². The van der Waals surface area contributed by atoms with Crippen molar-refractivity contribution in [3.63, 3.8) is 0 Å². The summed E-state index contributed by atoms with van der Waals surface area (Å²) in [5.74, 6) is 0. The van der Waals surface area contributed by atoms with Crippen LogP contribution >= 0.6 is 0 Å². The second-order valence-corrected chi connectivity index (χ2v) is 6.21. The van der Waals surface area contributed by atoms with Gasteiger partial charge in [-0.25, -0.2) is 0 Å². The average molecular weight is 335 g/mol. The molecule has 0 amide bonds. The van der Waals surface area contributed by atoms with Gasteiger partial charge in [0.05, 0.1) is 5.69 Å². The molecule has 5 heteroatoms. The van der Waals surface area contributed by atoms with Crippen LogP contribution in [0.2, 0.25) is 0 Å². The van der Waals surface area contributed by atoms with Crippen molar-refractivity contribution in [2.75, 3.05) is 19.6 Å². The first-order valence-electron chi connectivity index (χ1n) is 8.65. The van der Waals surface area contributed by atoms with E-state index in [9.17, 15) is 0 Å². The summed E-state index contributed by atoms with van der Waals surface area (Å²) in [6.07, 6.45) is 6.73. The van der Waals surface area contributed by atoms with E-state index in [4.69, 9.17) is 5.73 Å². The molecule has 0 saturated carbocycles. The van der Waals surface area contributed by atoms with Crippen molar-refractivity contribution < 1.29 is 0 Å². The molecule has 0 aliphatic rings. The summed E-state index contributed by atoms with van der Waals surface area (Å²) in [5.41, 5.74) is 10.5. The number of nitrogens with two attached hydrogens (primary N) is 1. The van der Waals surface area contributed by atoms with E-state index >= 15 is 0 Å². The Bertz CT molecular complexity index is 767. The maximum Gasteiger partial charge on any atom is 0.0969 e. The van der Waals surface area contributed by atoms with Crippen LogP contribution in [-0.2, 0) is 20.0 Å². The van der Waals surface area contributed by atoms with Crippen molar-refractivity contribution in [3.8, 4) is 11.3 Å². The number of benzene rings is 1. The van der Waals surface area contributed by atoms with E-state index in [1.165, 1.54) is 11.1 Å². The van der Waals surface area contributed by atoms with Crippen LogP contribution in [0, 0.1) is 0 Å². The fourth-order valence-electron chi connectivity index (χ4n) is 3.03. The lowest BCUT2D eigenvalue weighted by molar-refractivity contribution is 0.276. The molecule has 0 aliphatic carbocycles. The zero-order valence-electron chi connectivity index (χ0n) is 14.7. The quantitative estimate of drug-likeness (QED) is 0.687. The normalized spacial score (nSPS) is 11.2. The summed E-state index contributed by atoms with van der Waals surface area (Å²) in [5, 5.41) is 4.64. The average Bonchev–Trinajstić information content (AvgIpc) is 3.02. The molecule has 0 aliphatic heterocycles. The van der Waals surface area contributed by atoms with Crippen LogP contribution in [0.4, 0.5) is 0 Å². The van der Waals surface area contributed by atoms with Crippen molar-refractivity contribution in [2.24, 2.45) is 12.8 Å². The van der Waals surface area contributed by atoms with Gasteiger partial charge >= 0.3 is 0 Å². The van der Waals surface area contributed by atoms with Gasteiger partial charge in [-0.05, 0) is 24.1 Å². The number of hydrogen-bond acceptors (Lipinski definition) is 4. The molecule has 0 spiro atoms. The predicted octanol–water partition coefficient (Wildman–Crippen LogP) is 2.49. The van der Waals surface area contributed by atoms with E-state index in [1.807, 2.05) is 23.9 Å². The molecule has 2 heterocycles. The summed E-state index contributed by atoms with van der Waals surface area (Å²) < 4.78 is 1.88. The van der Waals surface area contributed by atoms with Gasteiger partial charge in [0.25, 0.3) is 0 Å². The molecule has 0 bridgehead atoms. The second-order valence-electron chi connectivity index (χ2n) is 6.21. The Hall–Kier alpha value is -2.50. The number of aromatic nitrogens is 3. The van der Waals surface area contributed by atoms with Gasteiger partial charge in [-0.2, -0.15) is 5.10 Å². The van der Waals surface area contributed by atoms with E-state index in [0.29, 0.717) is 6.54 Å². The predicted molar refractivity (Wildman–Crippen MR) is 101 cm³/mol. The fraction of sp³-hybridized carbons (Fsp3) is 0.300. The second kappa shape index (κ2) is 8.55. The lowest BCUT2D eigenvalue weighted by Crippen LogP contribution is -2.31. The van der Waals surface area contributed by atoms with E-state index in [1.54, 1.807) is 12.4 Å². The summed E-state index contributed by atoms with van der Waals surface area (Å²) in [6.45, 7) is 3.35. The van der Waals surface area contributed by atoms with E-state index in [-0.39, 0.29) is 0 Å². The molecule has 130 valence electrons. The van der Waals surface area contributed by atoms with Crippen LogP contribution in [0.3, 0.4) is 0 Å². The minimum atomic E-state index is 0.652. The summed E-state index contributed by atoms with van der Waals surface area (Å²) in [6, 6.07) is 14.6. The van der Waals surface area contributed by atoms with Crippen molar-refractivity contribution in [1.29, 1.82) is 0 Å². The molecular formula is C20H25N5. The Morgan fingerprint density at radius 1 is 1.04 bits per heavy atom. The maximum absolute atomic E-state index is 5.84. The van der Waals surface area contributed by atoms with Gasteiger partial charge < -0.3 is 5.73 Å². The topological polar surface area (TPSA) is 60.0 Å². The minimum Gasteiger partial charge on any atom is -0.329 e. The summed E-state index contributed by atoms with van der Waals surface area (Å²) in [4.78, 5) is 6.50. The number of pyridine rings is 1. The van der Waals surface area contributed by atoms with Crippen LogP contribution in [0.25, 0.3) is 11.3 Å². The Labute approximate surface area is 149 Å². The lowest BCUT2D eigenvalue weighted by Gasteiger charge is -2.21. The van der Waals surface area contributed by atoms with Crippen molar-refractivity contribution in [1.82, 2.24) is 19.7 Å². The molecule has 0 fully saturated rings. The molecule has 0 saturated heterocycles. The molecule has 2 aromatic heterocycles. The van der Waals surface area contributed by atoms with Crippen LogP contribution < -0.4 is 5.73 Å². The minimum absolute atomic E-state index is 0.652. The monoisotopic (exact) mass is 335 g/mol. The number of aryl methyl sites for hydroxylation is 1. The molecular weight excluding hydrogens is 310 g/mol. The van der Waals surface area contributed by atoms with E-state index in [0.717, 1.165) is 37.3 Å². The molecule has 1 aromatic carbocycles. The van der Waals surface area contributed by atoms with Gasteiger partial charge in [0.15, 0.2) is 0 Å². The van der Waals surface area contributed by atoms with Gasteiger partial charge in [-0.3, -0.25) is 14.6 Å². The third-order valence-corrected chi connectivity index (χ3v) is 4.26. The van der Waals surface area contributed by atoms with Crippen LogP contribution in [-0.4, -0.2) is 39.3 Å². The van der Waals surface area contributed by atoms with Crippen molar-refractivity contribution in [3.05, 3.63) is 72.2 Å². The highest BCUT2D eigenvalue weighted by molar-refractivity contribution is 5.61. The van der Waals surface area contributed by atoms with Crippen LogP contribution in [0.15, 0.2) is 61.1 Å². The van der Waals surface area contributed by atoms with Gasteiger partial charge in [-0.1, -0.05) is 30.3 Å². The molecule has 3 aromatic rings. The number of nitrogens with zero attached hydrogens (tertiary/aromatic N) is 4. The van der Waals surface area contributed by atoms with Crippen LogP contribution in [0.1, 0.15) is 11.1 Å². The Morgan fingerprint density at radius 2 is 1.80 bits per heavy atom. The van der Waals surface area contributed by atoms with E-state index < -0.39 is 0 Å². The lowest BCUT2D eigenvalue weighted by atomic mass is 10.1. The van der Waals surface area contributed by atoms with Gasteiger partial charge in [0.1, 0.15) is 0 Å². The first-order valence-corrected chi connectivity index (χ1v) is 8.65. The molecule has 2 N–H and O–H groups in total. The first-order chi connectivity index (χ1) is 12.3. The molecule has 0 atom stereocenters. The van der Waals surface area contributed by atoms with Gasteiger partial charge in [0, 0.05) is 62.9 Å². The third kappa shape index (κ3) is 4.75. The zero-order valence-corrected chi connectivity index (χ0v) is 14.7. The first kappa shape index (κ1) is 17.3. The maximum atomic E-state index is 5.84. The SMILES string of the molecule is Cn1cc(CN(CCN)CCc2ccccc2)c(-c2ccncc2)n1. The van der Waals surface area contributed by atoms with Gasteiger partial charge in [-0.15, -0.1) is 0 Å². The largest absolute Gasteiger partial charge is 0.329 e. The van der Waals surface area contributed by atoms with Crippen LogP contribution in [0.5, 0.6) is 0 Å². The molecule has 0 radical (unpaired) electrons.